The van der Waals surface area contributed by atoms with Crippen molar-refractivity contribution in [2.24, 2.45) is 7.05 Å². The molecule has 154 valence electrons. The molecule has 0 spiro atoms. The van der Waals surface area contributed by atoms with Gasteiger partial charge in [-0.1, -0.05) is 28.9 Å². The summed E-state index contributed by atoms with van der Waals surface area (Å²) in [4.78, 5) is 15.9. The third-order valence-electron chi connectivity index (χ3n) is 5.31. The highest BCUT2D eigenvalue weighted by Crippen LogP contribution is 2.32. The van der Waals surface area contributed by atoms with Gasteiger partial charge in [0.25, 0.3) is 11.9 Å². The van der Waals surface area contributed by atoms with Crippen molar-refractivity contribution >= 4 is 23.1 Å². The number of carbonyl (C=O) groups excluding carboxylic acids is 1. The monoisotopic (exact) mass is 406 g/mol. The molecular formula is C22H23FN6O. The third-order valence-corrected chi connectivity index (χ3v) is 5.31. The molecule has 0 atom stereocenters. The van der Waals surface area contributed by atoms with E-state index < -0.39 is 5.82 Å². The van der Waals surface area contributed by atoms with Gasteiger partial charge in [-0.25, -0.2) is 4.39 Å². The Hall–Kier alpha value is -3.55. The fourth-order valence-corrected chi connectivity index (χ4v) is 3.62. The van der Waals surface area contributed by atoms with E-state index in [-0.39, 0.29) is 11.6 Å². The van der Waals surface area contributed by atoms with E-state index in [2.05, 4.69) is 27.7 Å². The number of hydrogen-bond donors (Lipinski definition) is 1. The number of amides is 1. The summed E-state index contributed by atoms with van der Waals surface area (Å²) >= 11 is 0. The van der Waals surface area contributed by atoms with E-state index in [4.69, 9.17) is 0 Å². The molecule has 30 heavy (non-hydrogen) atoms. The second kappa shape index (κ2) is 8.06. The van der Waals surface area contributed by atoms with Crippen LogP contribution in [0.15, 0.2) is 48.0 Å². The summed E-state index contributed by atoms with van der Waals surface area (Å²) < 4.78 is 15.0. The van der Waals surface area contributed by atoms with Crippen LogP contribution in [0.5, 0.6) is 0 Å². The maximum absolute atomic E-state index is 15.0. The molecule has 4 rings (SSSR count). The second-order valence-electron chi connectivity index (χ2n) is 7.48. The summed E-state index contributed by atoms with van der Waals surface area (Å²) in [7, 11) is 1.73. The fraction of sp³-hybridized carbons (Fsp3) is 0.273. The van der Waals surface area contributed by atoms with E-state index in [1.165, 1.54) is 16.4 Å². The molecule has 1 N–H and O–H groups in total. The third kappa shape index (κ3) is 3.94. The molecule has 1 amide bonds. The number of benzene rings is 2. The molecule has 1 aromatic heterocycles. The minimum Gasteiger partial charge on any atom is -0.334 e. The summed E-state index contributed by atoms with van der Waals surface area (Å²) in [5.41, 5.74) is 4.40. The smallest absolute Gasteiger partial charge is 0.266 e. The molecular weight excluding hydrogens is 383 g/mol. The highest BCUT2D eigenvalue weighted by Gasteiger charge is 2.23. The van der Waals surface area contributed by atoms with E-state index in [0.29, 0.717) is 23.6 Å². The Morgan fingerprint density at radius 3 is 2.60 bits per heavy atom. The fourth-order valence-electron chi connectivity index (χ4n) is 3.62. The first kappa shape index (κ1) is 19.8. The summed E-state index contributed by atoms with van der Waals surface area (Å²) in [5, 5.41) is 15.0. The number of hydrogen-bond acceptors (Lipinski definition) is 5. The Labute approximate surface area is 174 Å². The van der Waals surface area contributed by atoms with Crippen molar-refractivity contribution in [2.75, 3.05) is 23.3 Å². The van der Waals surface area contributed by atoms with Gasteiger partial charge in [0.05, 0.1) is 12.7 Å². The molecule has 0 saturated carbocycles. The van der Waals surface area contributed by atoms with E-state index in [1.807, 2.05) is 17.0 Å². The minimum absolute atomic E-state index is 0.203. The quantitative estimate of drug-likeness (QED) is 0.717. The van der Waals surface area contributed by atoms with Crippen molar-refractivity contribution in [2.45, 2.75) is 20.3 Å². The standard InChI is InChI=1S/C22H23FN6O/c1-14-9-10-29(22-25-27-28(3)26-22)13-18(14)17-11-15(2)20(19(23)12-17)24-21(30)16-7-5-4-6-8-16/h4-8,11-12H,9-10,13H2,1-3H3,(H,24,30). The number of rotatable bonds is 4. The normalized spacial score (nSPS) is 14.2. The van der Waals surface area contributed by atoms with Gasteiger partial charge in [-0.15, -0.1) is 5.10 Å². The SMILES string of the molecule is CC1=C(c2cc(C)c(NC(=O)c3ccccc3)c(F)c2)CN(c2nnn(C)n2)CC1. The van der Waals surface area contributed by atoms with Crippen LogP contribution in [-0.2, 0) is 7.05 Å². The van der Waals surface area contributed by atoms with Crippen molar-refractivity contribution in [3.8, 4) is 0 Å². The van der Waals surface area contributed by atoms with Gasteiger partial charge >= 0.3 is 0 Å². The summed E-state index contributed by atoms with van der Waals surface area (Å²) in [6.07, 6.45) is 0.834. The van der Waals surface area contributed by atoms with Crippen LogP contribution in [0, 0.1) is 12.7 Å². The Balaban J connectivity index is 1.60. The molecule has 0 unspecified atom stereocenters. The Bertz CT molecular complexity index is 1100. The first-order chi connectivity index (χ1) is 14.4. The topological polar surface area (TPSA) is 75.9 Å². The lowest BCUT2D eigenvalue weighted by molar-refractivity contribution is 0.102. The average molecular weight is 406 g/mol. The number of anilines is 2. The van der Waals surface area contributed by atoms with Crippen LogP contribution >= 0.6 is 0 Å². The van der Waals surface area contributed by atoms with E-state index in [9.17, 15) is 4.79 Å². The minimum atomic E-state index is -0.454. The second-order valence-corrected chi connectivity index (χ2v) is 7.48. The van der Waals surface area contributed by atoms with Gasteiger partial charge in [0, 0.05) is 18.7 Å². The van der Waals surface area contributed by atoms with Gasteiger partial charge in [0.2, 0.25) is 0 Å². The van der Waals surface area contributed by atoms with Gasteiger partial charge in [0.15, 0.2) is 0 Å². The molecule has 3 aromatic rings. The van der Waals surface area contributed by atoms with Crippen LogP contribution in [0.1, 0.15) is 34.8 Å². The van der Waals surface area contributed by atoms with Gasteiger partial charge in [-0.05, 0) is 66.4 Å². The lowest BCUT2D eigenvalue weighted by atomic mass is 9.93. The Morgan fingerprint density at radius 1 is 1.17 bits per heavy atom. The Morgan fingerprint density at radius 2 is 1.93 bits per heavy atom. The number of aromatic nitrogens is 4. The van der Waals surface area contributed by atoms with E-state index >= 15 is 4.39 Å². The van der Waals surface area contributed by atoms with Crippen LogP contribution in [0.2, 0.25) is 0 Å². The largest absolute Gasteiger partial charge is 0.334 e. The zero-order valence-electron chi connectivity index (χ0n) is 17.2. The van der Waals surface area contributed by atoms with Crippen molar-refractivity contribution in [3.05, 3.63) is 70.5 Å². The number of halogens is 1. The molecule has 8 heteroatoms. The average Bonchev–Trinajstić information content (AvgIpc) is 3.17. The van der Waals surface area contributed by atoms with Crippen LogP contribution < -0.4 is 10.2 Å². The first-order valence-corrected chi connectivity index (χ1v) is 9.77. The molecule has 1 aliphatic heterocycles. The van der Waals surface area contributed by atoms with Crippen LogP contribution in [0.4, 0.5) is 16.0 Å². The van der Waals surface area contributed by atoms with Crippen LogP contribution in [-0.4, -0.2) is 39.2 Å². The van der Waals surface area contributed by atoms with Gasteiger partial charge < -0.3 is 10.2 Å². The van der Waals surface area contributed by atoms with Crippen molar-refractivity contribution < 1.29 is 9.18 Å². The lowest BCUT2D eigenvalue weighted by Crippen LogP contribution is -2.32. The lowest BCUT2D eigenvalue weighted by Gasteiger charge is -2.29. The molecule has 0 bridgehead atoms. The summed E-state index contributed by atoms with van der Waals surface area (Å²) in [6, 6.07) is 12.2. The van der Waals surface area contributed by atoms with Crippen LogP contribution in [0.25, 0.3) is 5.57 Å². The van der Waals surface area contributed by atoms with Gasteiger partial charge in [-0.2, -0.15) is 4.80 Å². The zero-order valence-corrected chi connectivity index (χ0v) is 17.2. The molecule has 2 heterocycles. The molecule has 2 aromatic carbocycles. The molecule has 0 aliphatic carbocycles. The highest BCUT2D eigenvalue weighted by molar-refractivity contribution is 6.04. The van der Waals surface area contributed by atoms with Gasteiger partial charge in [0.1, 0.15) is 5.82 Å². The van der Waals surface area contributed by atoms with Crippen molar-refractivity contribution in [1.82, 2.24) is 20.2 Å². The molecule has 1 aliphatic rings. The number of nitrogens with one attached hydrogen (secondary N) is 1. The number of aryl methyl sites for hydroxylation is 2. The van der Waals surface area contributed by atoms with Crippen molar-refractivity contribution in [1.29, 1.82) is 0 Å². The maximum atomic E-state index is 15.0. The van der Waals surface area contributed by atoms with Crippen molar-refractivity contribution in [3.63, 3.8) is 0 Å². The number of carbonyl (C=O) groups is 1. The predicted octanol–water partition coefficient (Wildman–Crippen LogP) is 3.59. The first-order valence-electron chi connectivity index (χ1n) is 9.77. The summed E-state index contributed by atoms with van der Waals surface area (Å²) in [5.74, 6) is -0.228. The van der Waals surface area contributed by atoms with Gasteiger partial charge in [-0.3, -0.25) is 4.79 Å². The zero-order chi connectivity index (χ0) is 21.3. The van der Waals surface area contributed by atoms with Crippen LogP contribution in [0.3, 0.4) is 0 Å². The predicted molar refractivity (Wildman–Crippen MR) is 114 cm³/mol. The Kier molecular flexibility index (Phi) is 5.31. The van der Waals surface area contributed by atoms with E-state index in [0.717, 1.165) is 24.1 Å². The van der Waals surface area contributed by atoms with E-state index in [1.54, 1.807) is 38.2 Å². The number of tetrazole rings is 1. The number of nitrogens with zero attached hydrogens (tertiary/aromatic N) is 5. The molecule has 0 radical (unpaired) electrons. The maximum Gasteiger partial charge on any atom is 0.266 e. The highest BCUT2D eigenvalue weighted by atomic mass is 19.1. The molecule has 7 nitrogen and oxygen atoms in total. The molecule has 0 saturated heterocycles. The molecule has 0 fully saturated rings. The summed E-state index contributed by atoms with van der Waals surface area (Å²) in [6.45, 7) is 5.23.